The molecule has 0 aromatic heterocycles. The average molecular weight is 327 g/mol. The van der Waals surface area contributed by atoms with E-state index in [1.54, 1.807) is 7.11 Å². The first-order valence-electron chi connectivity index (χ1n) is 7.70. The van der Waals surface area contributed by atoms with E-state index in [1.165, 1.54) is 16.7 Å². The predicted molar refractivity (Wildman–Crippen MR) is 91.6 cm³/mol. The molecule has 1 fully saturated rings. The first kappa shape index (κ1) is 18.9. The number of halogens is 1. The normalized spacial score (nSPS) is 17.4. The quantitative estimate of drug-likeness (QED) is 0.817. The Morgan fingerprint density at radius 3 is 2.91 bits per heavy atom. The number of hydrogen-bond donors (Lipinski definition) is 1. The number of likely N-dealkylation sites (tertiary alicyclic amines) is 1. The van der Waals surface area contributed by atoms with Crippen molar-refractivity contribution in [1.29, 1.82) is 0 Å². The van der Waals surface area contributed by atoms with Gasteiger partial charge in [-0.2, -0.15) is 0 Å². The fourth-order valence-electron chi connectivity index (χ4n) is 2.99. The number of nitrogens with zero attached hydrogens (tertiary/aromatic N) is 1. The van der Waals surface area contributed by atoms with Gasteiger partial charge in [0.15, 0.2) is 0 Å². The average Bonchev–Trinajstić information content (AvgIpc) is 2.95. The molecule has 1 atom stereocenters. The van der Waals surface area contributed by atoms with Gasteiger partial charge < -0.3 is 15.0 Å². The van der Waals surface area contributed by atoms with Crippen molar-refractivity contribution < 1.29 is 9.53 Å². The van der Waals surface area contributed by atoms with Crippen molar-refractivity contribution in [3.63, 3.8) is 0 Å². The minimum atomic E-state index is 0. The Kier molecular flexibility index (Phi) is 7.87. The molecule has 1 saturated heterocycles. The Labute approximate surface area is 139 Å². The van der Waals surface area contributed by atoms with Gasteiger partial charge in [-0.15, -0.1) is 12.4 Å². The van der Waals surface area contributed by atoms with E-state index >= 15 is 0 Å². The molecule has 2 rings (SSSR count). The van der Waals surface area contributed by atoms with E-state index in [0.29, 0.717) is 19.7 Å². The molecular weight excluding hydrogens is 300 g/mol. The molecule has 0 radical (unpaired) electrons. The Morgan fingerprint density at radius 1 is 1.41 bits per heavy atom. The van der Waals surface area contributed by atoms with E-state index < -0.39 is 0 Å². The number of aryl methyl sites for hydroxylation is 1. The number of amides is 1. The van der Waals surface area contributed by atoms with Crippen LogP contribution in [0.3, 0.4) is 0 Å². The Morgan fingerprint density at radius 2 is 2.18 bits per heavy atom. The zero-order chi connectivity index (χ0) is 15.2. The van der Waals surface area contributed by atoms with Crippen LogP contribution >= 0.6 is 12.4 Å². The molecule has 4 nitrogen and oxygen atoms in total. The Hall–Kier alpha value is -1.10. The number of benzene rings is 1. The largest absolute Gasteiger partial charge is 0.383 e. The highest BCUT2D eigenvalue weighted by molar-refractivity contribution is 5.85. The highest BCUT2D eigenvalue weighted by Crippen LogP contribution is 2.34. The Balaban J connectivity index is 0.00000242. The summed E-state index contributed by atoms with van der Waals surface area (Å²) in [5, 5.41) is 3.14. The maximum absolute atomic E-state index is 12.4. The predicted octanol–water partition coefficient (Wildman–Crippen LogP) is 2.62. The smallest absolute Gasteiger partial charge is 0.237 e. The second-order valence-corrected chi connectivity index (χ2v) is 5.70. The molecule has 0 saturated carbocycles. The standard InChI is InChI=1S/C17H26N2O2.ClH/c1-13-6-4-7-15(14(13)2)16-8-5-10-19(16)17(20)12-18-9-11-21-3;/h4,6-7,16,18H,5,8-12H2,1-3H3;1H. The summed E-state index contributed by atoms with van der Waals surface area (Å²) >= 11 is 0. The van der Waals surface area contributed by atoms with E-state index in [-0.39, 0.29) is 24.4 Å². The fourth-order valence-corrected chi connectivity index (χ4v) is 2.99. The third kappa shape index (κ3) is 4.45. The van der Waals surface area contributed by atoms with Gasteiger partial charge in [-0.05, 0) is 43.4 Å². The first-order valence-corrected chi connectivity index (χ1v) is 7.70. The van der Waals surface area contributed by atoms with Gasteiger partial charge >= 0.3 is 0 Å². The van der Waals surface area contributed by atoms with Crippen LogP contribution in [0.25, 0.3) is 0 Å². The van der Waals surface area contributed by atoms with Crippen LogP contribution in [0, 0.1) is 13.8 Å². The molecule has 1 aliphatic heterocycles. The van der Waals surface area contributed by atoms with Crippen LogP contribution in [0.2, 0.25) is 0 Å². The second kappa shape index (κ2) is 9.13. The third-order valence-electron chi connectivity index (χ3n) is 4.34. The van der Waals surface area contributed by atoms with E-state index in [0.717, 1.165) is 19.4 Å². The molecule has 1 aromatic rings. The molecular formula is C17H27ClN2O2. The van der Waals surface area contributed by atoms with Gasteiger partial charge in [-0.3, -0.25) is 4.79 Å². The molecule has 1 heterocycles. The number of hydrogen-bond acceptors (Lipinski definition) is 3. The van der Waals surface area contributed by atoms with Crippen molar-refractivity contribution in [2.75, 3.05) is 33.4 Å². The SMILES string of the molecule is COCCNCC(=O)N1CCCC1c1cccc(C)c1C.Cl. The lowest BCUT2D eigenvalue weighted by molar-refractivity contribution is -0.131. The molecule has 1 aromatic carbocycles. The number of ether oxygens (including phenoxy) is 1. The van der Waals surface area contributed by atoms with Gasteiger partial charge in [0.2, 0.25) is 5.91 Å². The number of rotatable bonds is 6. The van der Waals surface area contributed by atoms with Crippen molar-refractivity contribution in [3.8, 4) is 0 Å². The van der Waals surface area contributed by atoms with Crippen LogP contribution in [0.15, 0.2) is 18.2 Å². The monoisotopic (exact) mass is 326 g/mol. The third-order valence-corrected chi connectivity index (χ3v) is 4.34. The minimum Gasteiger partial charge on any atom is -0.383 e. The molecule has 1 amide bonds. The topological polar surface area (TPSA) is 41.6 Å². The van der Waals surface area contributed by atoms with Crippen LogP contribution in [0.4, 0.5) is 0 Å². The number of carbonyl (C=O) groups excluding carboxylic acids is 1. The van der Waals surface area contributed by atoms with Crippen LogP contribution in [0.1, 0.15) is 35.6 Å². The number of nitrogens with one attached hydrogen (secondary N) is 1. The maximum atomic E-state index is 12.4. The maximum Gasteiger partial charge on any atom is 0.237 e. The zero-order valence-electron chi connectivity index (χ0n) is 13.7. The summed E-state index contributed by atoms with van der Waals surface area (Å²) in [5.74, 6) is 0.189. The molecule has 22 heavy (non-hydrogen) atoms. The molecule has 1 unspecified atom stereocenters. The van der Waals surface area contributed by atoms with Gasteiger partial charge in [0.25, 0.3) is 0 Å². The summed E-state index contributed by atoms with van der Waals surface area (Å²) in [4.78, 5) is 14.4. The first-order chi connectivity index (χ1) is 10.1. The van der Waals surface area contributed by atoms with Crippen LogP contribution in [-0.4, -0.2) is 44.2 Å². The zero-order valence-corrected chi connectivity index (χ0v) is 14.5. The van der Waals surface area contributed by atoms with Gasteiger partial charge in [-0.1, -0.05) is 18.2 Å². The van der Waals surface area contributed by atoms with E-state index in [1.807, 2.05) is 4.90 Å². The molecule has 0 aliphatic carbocycles. The summed E-state index contributed by atoms with van der Waals surface area (Å²) in [7, 11) is 1.67. The number of carbonyl (C=O) groups is 1. The van der Waals surface area contributed by atoms with Crippen molar-refractivity contribution >= 4 is 18.3 Å². The highest BCUT2D eigenvalue weighted by atomic mass is 35.5. The van der Waals surface area contributed by atoms with Crippen LogP contribution in [-0.2, 0) is 9.53 Å². The van der Waals surface area contributed by atoms with Gasteiger partial charge in [0.1, 0.15) is 0 Å². The van der Waals surface area contributed by atoms with E-state index in [9.17, 15) is 4.79 Å². The van der Waals surface area contributed by atoms with Crippen LogP contribution < -0.4 is 5.32 Å². The summed E-state index contributed by atoms with van der Waals surface area (Å²) in [6.07, 6.45) is 2.15. The molecule has 1 N–H and O–H groups in total. The van der Waals surface area contributed by atoms with Gasteiger partial charge in [0, 0.05) is 20.2 Å². The lowest BCUT2D eigenvalue weighted by Crippen LogP contribution is -2.38. The summed E-state index contributed by atoms with van der Waals surface area (Å²) in [5.41, 5.74) is 3.91. The molecule has 1 aliphatic rings. The second-order valence-electron chi connectivity index (χ2n) is 5.70. The van der Waals surface area contributed by atoms with Crippen molar-refractivity contribution in [1.82, 2.24) is 10.2 Å². The minimum absolute atomic E-state index is 0. The fraction of sp³-hybridized carbons (Fsp3) is 0.588. The highest BCUT2D eigenvalue weighted by Gasteiger charge is 2.30. The summed E-state index contributed by atoms with van der Waals surface area (Å²) < 4.78 is 4.98. The van der Waals surface area contributed by atoms with Crippen molar-refractivity contribution in [2.24, 2.45) is 0 Å². The number of methoxy groups -OCH3 is 1. The van der Waals surface area contributed by atoms with Crippen molar-refractivity contribution in [3.05, 3.63) is 34.9 Å². The molecule has 124 valence electrons. The lowest BCUT2D eigenvalue weighted by Gasteiger charge is -2.27. The lowest BCUT2D eigenvalue weighted by atomic mass is 9.96. The van der Waals surface area contributed by atoms with Crippen LogP contribution in [0.5, 0.6) is 0 Å². The Bertz CT molecular complexity index is 494. The van der Waals surface area contributed by atoms with E-state index in [4.69, 9.17) is 4.74 Å². The van der Waals surface area contributed by atoms with E-state index in [2.05, 4.69) is 37.4 Å². The van der Waals surface area contributed by atoms with Gasteiger partial charge in [0.05, 0.1) is 19.2 Å². The summed E-state index contributed by atoms with van der Waals surface area (Å²) in [6, 6.07) is 6.63. The molecule has 5 heteroatoms. The molecule has 0 spiro atoms. The molecule has 0 bridgehead atoms. The van der Waals surface area contributed by atoms with Crippen molar-refractivity contribution in [2.45, 2.75) is 32.7 Å². The summed E-state index contributed by atoms with van der Waals surface area (Å²) in [6.45, 7) is 6.89. The van der Waals surface area contributed by atoms with Gasteiger partial charge in [-0.25, -0.2) is 0 Å².